The zero-order chi connectivity index (χ0) is 10.3. The van der Waals surface area contributed by atoms with Crippen molar-refractivity contribution in [2.45, 2.75) is 37.3 Å². The molecule has 1 saturated carbocycles. The smallest absolute Gasteiger partial charge is 0.223 e. The molecule has 78 valence electrons. The normalized spacial score (nSPS) is 30.1. The Morgan fingerprint density at radius 1 is 1.71 bits per heavy atom. The van der Waals surface area contributed by atoms with Gasteiger partial charge in [0.25, 0.3) is 0 Å². The molecular formula is C10H17N3O. The van der Waals surface area contributed by atoms with Gasteiger partial charge >= 0.3 is 0 Å². The molecule has 1 aliphatic carbocycles. The Bertz CT molecular complexity index is 283. The van der Waals surface area contributed by atoms with Crippen LogP contribution in [-0.2, 0) is 4.79 Å². The van der Waals surface area contributed by atoms with Gasteiger partial charge in [-0.1, -0.05) is 6.58 Å². The fraction of sp³-hybridized carbons (Fsp3) is 0.700. The lowest BCUT2D eigenvalue weighted by Crippen LogP contribution is -2.32. The first-order valence-corrected chi connectivity index (χ1v) is 5.04. The van der Waals surface area contributed by atoms with Gasteiger partial charge in [0.15, 0.2) is 0 Å². The molecule has 1 heterocycles. The topological polar surface area (TPSA) is 81.1 Å². The van der Waals surface area contributed by atoms with Crippen molar-refractivity contribution in [2.75, 3.05) is 0 Å². The van der Waals surface area contributed by atoms with Crippen LogP contribution in [-0.4, -0.2) is 17.5 Å². The Morgan fingerprint density at radius 2 is 2.36 bits per heavy atom. The number of nitrogens with one attached hydrogen (secondary N) is 1. The number of nitrogens with two attached hydrogens (primary N) is 2. The summed E-state index contributed by atoms with van der Waals surface area (Å²) in [4.78, 5) is 11.6. The van der Waals surface area contributed by atoms with Crippen molar-refractivity contribution in [1.29, 1.82) is 0 Å². The van der Waals surface area contributed by atoms with E-state index in [2.05, 4.69) is 11.9 Å². The molecule has 14 heavy (non-hydrogen) atoms. The van der Waals surface area contributed by atoms with E-state index in [0.29, 0.717) is 12.1 Å². The molecule has 5 N–H and O–H groups in total. The van der Waals surface area contributed by atoms with Crippen LogP contribution in [0.4, 0.5) is 0 Å². The van der Waals surface area contributed by atoms with Crippen LogP contribution in [0.3, 0.4) is 0 Å². The highest BCUT2D eigenvalue weighted by Crippen LogP contribution is 2.46. The van der Waals surface area contributed by atoms with Gasteiger partial charge in [-0.25, -0.2) is 0 Å². The number of hydrogen-bond donors (Lipinski definition) is 3. The van der Waals surface area contributed by atoms with Gasteiger partial charge in [-0.2, -0.15) is 0 Å². The molecule has 0 radical (unpaired) electrons. The average Bonchev–Trinajstić information content (AvgIpc) is 2.75. The predicted octanol–water partition coefficient (Wildman–Crippen LogP) is -0.155. The van der Waals surface area contributed by atoms with Gasteiger partial charge in [-0.15, -0.1) is 0 Å². The summed E-state index contributed by atoms with van der Waals surface area (Å²) in [6.07, 6.45) is 3.79. The molecule has 1 spiro atoms. The average molecular weight is 195 g/mol. The minimum Gasteiger partial charge on any atom is -0.401 e. The Hall–Kier alpha value is -1.03. The Kier molecular flexibility index (Phi) is 2.03. The van der Waals surface area contributed by atoms with Crippen molar-refractivity contribution in [3.8, 4) is 0 Å². The standard InChI is InChI=1S/C10H17N3O/c1-6(11)8(12)4-7-5-10(2-3-10)13-9(7)14/h7-8H,1-5,11-12H2,(H,13,14). The highest BCUT2D eigenvalue weighted by molar-refractivity contribution is 5.83. The highest BCUT2D eigenvalue weighted by atomic mass is 16.2. The summed E-state index contributed by atoms with van der Waals surface area (Å²) in [5, 5.41) is 3.03. The number of hydrogen-bond acceptors (Lipinski definition) is 3. The van der Waals surface area contributed by atoms with E-state index in [-0.39, 0.29) is 23.4 Å². The fourth-order valence-corrected chi connectivity index (χ4v) is 2.11. The lowest BCUT2D eigenvalue weighted by molar-refractivity contribution is -0.122. The van der Waals surface area contributed by atoms with Crippen LogP contribution in [0.5, 0.6) is 0 Å². The lowest BCUT2D eigenvalue weighted by atomic mass is 9.95. The molecule has 1 amide bonds. The third kappa shape index (κ3) is 1.62. The third-order valence-electron chi connectivity index (χ3n) is 3.26. The molecule has 2 rings (SSSR count). The van der Waals surface area contributed by atoms with E-state index >= 15 is 0 Å². The number of carbonyl (C=O) groups is 1. The van der Waals surface area contributed by atoms with Crippen LogP contribution >= 0.6 is 0 Å². The lowest BCUT2D eigenvalue weighted by Gasteiger charge is -2.14. The summed E-state index contributed by atoms with van der Waals surface area (Å²) >= 11 is 0. The first-order chi connectivity index (χ1) is 6.52. The maximum atomic E-state index is 11.6. The van der Waals surface area contributed by atoms with Crippen molar-refractivity contribution >= 4 is 5.91 Å². The number of amides is 1. The predicted molar refractivity (Wildman–Crippen MR) is 54.1 cm³/mol. The van der Waals surface area contributed by atoms with Crippen molar-refractivity contribution in [1.82, 2.24) is 5.32 Å². The van der Waals surface area contributed by atoms with Gasteiger partial charge in [0.2, 0.25) is 5.91 Å². The SMILES string of the molecule is C=C(N)C(N)CC1CC2(CC2)NC1=O. The second-order valence-corrected chi connectivity index (χ2v) is 4.59. The van der Waals surface area contributed by atoms with Crippen molar-refractivity contribution in [3.05, 3.63) is 12.3 Å². The van der Waals surface area contributed by atoms with Crippen LogP contribution in [0.1, 0.15) is 25.7 Å². The van der Waals surface area contributed by atoms with E-state index in [4.69, 9.17) is 11.5 Å². The summed E-state index contributed by atoms with van der Waals surface area (Å²) in [7, 11) is 0. The summed E-state index contributed by atoms with van der Waals surface area (Å²) in [6.45, 7) is 3.60. The molecule has 0 aromatic heterocycles. The highest BCUT2D eigenvalue weighted by Gasteiger charge is 2.52. The first kappa shape index (κ1) is 9.52. The second-order valence-electron chi connectivity index (χ2n) is 4.59. The van der Waals surface area contributed by atoms with E-state index in [1.54, 1.807) is 0 Å². The Labute approximate surface area is 83.7 Å². The van der Waals surface area contributed by atoms with Crippen LogP contribution < -0.4 is 16.8 Å². The second kappa shape index (κ2) is 2.98. The number of rotatable bonds is 3. The quantitative estimate of drug-likeness (QED) is 0.585. The number of carbonyl (C=O) groups excluding carboxylic acids is 1. The van der Waals surface area contributed by atoms with E-state index in [0.717, 1.165) is 19.3 Å². The van der Waals surface area contributed by atoms with Gasteiger partial charge in [0.1, 0.15) is 0 Å². The van der Waals surface area contributed by atoms with Gasteiger partial charge < -0.3 is 16.8 Å². The van der Waals surface area contributed by atoms with Crippen LogP contribution in [0.15, 0.2) is 12.3 Å². The maximum Gasteiger partial charge on any atom is 0.223 e. The fourth-order valence-electron chi connectivity index (χ4n) is 2.11. The summed E-state index contributed by atoms with van der Waals surface area (Å²) in [6, 6.07) is -0.250. The molecule has 0 bridgehead atoms. The molecule has 0 aromatic rings. The van der Waals surface area contributed by atoms with E-state index < -0.39 is 0 Å². The van der Waals surface area contributed by atoms with Crippen LogP contribution in [0.25, 0.3) is 0 Å². The van der Waals surface area contributed by atoms with E-state index in [1.807, 2.05) is 0 Å². The minimum atomic E-state index is -0.250. The summed E-state index contributed by atoms with van der Waals surface area (Å²) in [5.74, 6) is 0.173. The van der Waals surface area contributed by atoms with Crippen LogP contribution in [0, 0.1) is 5.92 Å². The van der Waals surface area contributed by atoms with Gasteiger partial charge in [-0.05, 0) is 25.7 Å². The van der Waals surface area contributed by atoms with Gasteiger partial charge in [0.05, 0.1) is 0 Å². The molecule has 2 unspecified atom stereocenters. The van der Waals surface area contributed by atoms with Crippen molar-refractivity contribution in [3.63, 3.8) is 0 Å². The van der Waals surface area contributed by atoms with Crippen LogP contribution in [0.2, 0.25) is 0 Å². The van der Waals surface area contributed by atoms with Gasteiger partial charge in [0, 0.05) is 23.2 Å². The molecular weight excluding hydrogens is 178 g/mol. The molecule has 1 aliphatic heterocycles. The Balaban J connectivity index is 1.92. The monoisotopic (exact) mass is 195 g/mol. The first-order valence-electron chi connectivity index (χ1n) is 5.04. The zero-order valence-corrected chi connectivity index (χ0v) is 8.25. The van der Waals surface area contributed by atoms with Crippen molar-refractivity contribution in [2.24, 2.45) is 17.4 Å². The largest absolute Gasteiger partial charge is 0.401 e. The maximum absolute atomic E-state index is 11.6. The molecule has 2 fully saturated rings. The molecule has 4 nitrogen and oxygen atoms in total. The molecule has 2 aliphatic rings. The van der Waals surface area contributed by atoms with E-state index in [1.165, 1.54) is 0 Å². The zero-order valence-electron chi connectivity index (χ0n) is 8.25. The molecule has 1 saturated heterocycles. The van der Waals surface area contributed by atoms with E-state index in [9.17, 15) is 4.79 Å². The third-order valence-corrected chi connectivity index (χ3v) is 3.26. The molecule has 4 heteroatoms. The van der Waals surface area contributed by atoms with Crippen molar-refractivity contribution < 1.29 is 4.79 Å². The van der Waals surface area contributed by atoms with Gasteiger partial charge in [-0.3, -0.25) is 4.79 Å². The molecule has 2 atom stereocenters. The minimum absolute atomic E-state index is 0.0350. The summed E-state index contributed by atoms with van der Waals surface area (Å²) in [5.41, 5.74) is 11.9. The summed E-state index contributed by atoms with van der Waals surface area (Å²) < 4.78 is 0. The Morgan fingerprint density at radius 3 is 2.79 bits per heavy atom. The molecule has 0 aromatic carbocycles.